The van der Waals surface area contributed by atoms with Gasteiger partial charge in [0, 0.05) is 0 Å². The summed E-state index contributed by atoms with van der Waals surface area (Å²) in [6.45, 7) is -0.529. The van der Waals surface area contributed by atoms with E-state index in [1.54, 1.807) is 17.0 Å². The molecule has 124 valence electrons. The summed E-state index contributed by atoms with van der Waals surface area (Å²) in [5.41, 5.74) is 2.14. The molecule has 7 nitrogen and oxygen atoms in total. The summed E-state index contributed by atoms with van der Waals surface area (Å²) in [6.07, 6.45) is 0. The molecule has 0 heterocycles. The van der Waals surface area contributed by atoms with Gasteiger partial charge in [0.25, 0.3) is 15.9 Å². The second-order valence-corrected chi connectivity index (χ2v) is 6.13. The maximum atomic E-state index is 13.5. The third-order valence-corrected chi connectivity index (χ3v) is 4.10. The molecular formula is C15H12FN3O4S. The first-order valence-electron chi connectivity index (χ1n) is 6.61. The monoisotopic (exact) mass is 349 g/mol. The van der Waals surface area contributed by atoms with Crippen LogP contribution in [-0.4, -0.2) is 20.9 Å². The van der Waals surface area contributed by atoms with Gasteiger partial charge in [-0.3, -0.25) is 10.2 Å². The van der Waals surface area contributed by atoms with E-state index in [2.05, 4.69) is 0 Å². The molecule has 2 rings (SSSR count). The van der Waals surface area contributed by atoms with Crippen molar-refractivity contribution >= 4 is 15.9 Å². The highest BCUT2D eigenvalue weighted by Gasteiger charge is 2.19. The van der Waals surface area contributed by atoms with Crippen LogP contribution in [-0.2, 0) is 14.8 Å². The van der Waals surface area contributed by atoms with Crippen LogP contribution < -0.4 is 15.0 Å². The predicted octanol–water partition coefficient (Wildman–Crippen LogP) is 1.09. The summed E-state index contributed by atoms with van der Waals surface area (Å²) in [6, 6.07) is 12.9. The normalized spacial score (nSPS) is 10.7. The molecule has 9 heteroatoms. The number of carbonyl (C=O) groups is 1. The molecule has 2 N–H and O–H groups in total. The number of carbonyl (C=O) groups excluding carboxylic acids is 1. The van der Waals surface area contributed by atoms with Gasteiger partial charge >= 0.3 is 0 Å². The summed E-state index contributed by atoms with van der Waals surface area (Å²) in [5.74, 6) is -1.58. The zero-order valence-electron chi connectivity index (χ0n) is 12.2. The molecule has 0 radical (unpaired) electrons. The molecule has 0 unspecified atom stereocenters. The Morgan fingerprint density at radius 1 is 1.17 bits per heavy atom. The fraction of sp³-hybridized carbons (Fsp3) is 0.0667. The van der Waals surface area contributed by atoms with E-state index >= 15 is 0 Å². The summed E-state index contributed by atoms with van der Waals surface area (Å²) < 4.78 is 42.4. The van der Waals surface area contributed by atoms with Crippen LogP contribution in [0.2, 0.25) is 0 Å². The lowest BCUT2D eigenvalue weighted by molar-refractivity contribution is -0.123. The number of sulfonamides is 1. The van der Waals surface area contributed by atoms with Crippen LogP contribution in [0.15, 0.2) is 53.4 Å². The molecule has 2 aromatic rings. The van der Waals surface area contributed by atoms with Crippen molar-refractivity contribution in [2.45, 2.75) is 4.90 Å². The first-order chi connectivity index (χ1) is 11.4. The molecular weight excluding hydrogens is 337 g/mol. The third kappa shape index (κ3) is 4.28. The zero-order chi connectivity index (χ0) is 17.6. The van der Waals surface area contributed by atoms with Gasteiger partial charge in [-0.2, -0.15) is 5.26 Å². The van der Waals surface area contributed by atoms with Crippen molar-refractivity contribution in [3.63, 3.8) is 0 Å². The van der Waals surface area contributed by atoms with Gasteiger partial charge in [0.1, 0.15) is 22.5 Å². The maximum Gasteiger partial charge on any atom is 0.272 e. The Kier molecular flexibility index (Phi) is 5.47. The number of halogens is 1. The van der Waals surface area contributed by atoms with Gasteiger partial charge in [0.2, 0.25) is 0 Å². The van der Waals surface area contributed by atoms with Gasteiger partial charge in [0.15, 0.2) is 6.61 Å². The Balaban J connectivity index is 1.94. The molecule has 0 saturated carbocycles. The van der Waals surface area contributed by atoms with Crippen molar-refractivity contribution in [1.29, 1.82) is 5.26 Å². The first-order valence-corrected chi connectivity index (χ1v) is 8.09. The van der Waals surface area contributed by atoms with E-state index in [1.807, 2.05) is 11.5 Å². The lowest BCUT2D eigenvalue weighted by Gasteiger charge is -2.10. The molecule has 0 atom stereocenters. The highest BCUT2D eigenvalue weighted by molar-refractivity contribution is 7.89. The standard InChI is InChI=1S/C15H12FN3O4S/c16-12-6-2-4-8-14(12)24(21,22)19-18-15(20)10-23-13-7-3-1-5-11(13)9-17/h1-8,19H,10H2,(H,18,20). The smallest absolute Gasteiger partial charge is 0.272 e. The zero-order valence-corrected chi connectivity index (χ0v) is 13.0. The summed E-state index contributed by atoms with van der Waals surface area (Å²) in [7, 11) is -4.25. The summed E-state index contributed by atoms with van der Waals surface area (Å²) in [4.78, 5) is 12.8. The number of amides is 1. The summed E-state index contributed by atoms with van der Waals surface area (Å²) in [5, 5.41) is 8.89. The van der Waals surface area contributed by atoms with Crippen LogP contribution in [0.3, 0.4) is 0 Å². The molecule has 0 aliphatic carbocycles. The average molecular weight is 349 g/mol. The molecule has 24 heavy (non-hydrogen) atoms. The van der Waals surface area contributed by atoms with Crippen LogP contribution in [0.1, 0.15) is 5.56 Å². The Morgan fingerprint density at radius 2 is 1.83 bits per heavy atom. The molecule has 0 aromatic heterocycles. The second kappa shape index (κ2) is 7.54. The van der Waals surface area contributed by atoms with Crippen LogP contribution in [0.25, 0.3) is 0 Å². The SMILES string of the molecule is N#Cc1ccccc1OCC(=O)NNS(=O)(=O)c1ccccc1F. The molecule has 2 aromatic carbocycles. The molecule has 0 aliphatic heterocycles. The van der Waals surface area contributed by atoms with Gasteiger partial charge in [-0.05, 0) is 24.3 Å². The number of hydrogen-bond acceptors (Lipinski definition) is 5. The number of nitrogens with one attached hydrogen (secondary N) is 2. The predicted molar refractivity (Wildman–Crippen MR) is 81.5 cm³/mol. The van der Waals surface area contributed by atoms with Gasteiger partial charge in [0.05, 0.1) is 5.56 Å². The molecule has 0 fully saturated rings. The minimum absolute atomic E-state index is 0.187. The van der Waals surface area contributed by atoms with Crippen molar-refractivity contribution in [2.24, 2.45) is 0 Å². The van der Waals surface area contributed by atoms with Crippen LogP contribution in [0.5, 0.6) is 5.75 Å². The van der Waals surface area contributed by atoms with Gasteiger partial charge < -0.3 is 4.74 Å². The fourth-order valence-electron chi connectivity index (χ4n) is 1.71. The van der Waals surface area contributed by atoms with E-state index in [4.69, 9.17) is 10.00 Å². The van der Waals surface area contributed by atoms with Crippen LogP contribution in [0.4, 0.5) is 4.39 Å². The quantitative estimate of drug-likeness (QED) is 0.759. The third-order valence-electron chi connectivity index (χ3n) is 2.82. The van der Waals surface area contributed by atoms with E-state index in [-0.39, 0.29) is 11.3 Å². The van der Waals surface area contributed by atoms with Gasteiger partial charge in [-0.25, -0.2) is 12.8 Å². The number of rotatable bonds is 6. The van der Waals surface area contributed by atoms with E-state index < -0.39 is 33.3 Å². The van der Waals surface area contributed by atoms with Crippen molar-refractivity contribution in [3.8, 4) is 11.8 Å². The van der Waals surface area contributed by atoms with Gasteiger partial charge in [-0.1, -0.05) is 24.3 Å². The lowest BCUT2D eigenvalue weighted by Crippen LogP contribution is -2.44. The largest absolute Gasteiger partial charge is 0.482 e. The molecule has 1 amide bonds. The fourth-order valence-corrected chi connectivity index (χ4v) is 2.65. The Bertz CT molecular complexity index is 894. The average Bonchev–Trinajstić information content (AvgIpc) is 2.58. The van der Waals surface area contributed by atoms with Crippen molar-refractivity contribution < 1.29 is 22.3 Å². The van der Waals surface area contributed by atoms with Crippen molar-refractivity contribution in [1.82, 2.24) is 10.3 Å². The number of ether oxygens (including phenoxy) is 1. The molecule has 0 spiro atoms. The van der Waals surface area contributed by atoms with E-state index in [9.17, 15) is 17.6 Å². The number of hydrazine groups is 1. The highest BCUT2D eigenvalue weighted by Crippen LogP contribution is 2.16. The molecule has 0 saturated heterocycles. The Hall–Kier alpha value is -2.96. The summed E-state index contributed by atoms with van der Waals surface area (Å²) >= 11 is 0. The number of nitrogens with zero attached hydrogens (tertiary/aromatic N) is 1. The molecule has 0 bridgehead atoms. The van der Waals surface area contributed by atoms with E-state index in [0.29, 0.717) is 0 Å². The first kappa shape index (κ1) is 17.4. The lowest BCUT2D eigenvalue weighted by atomic mass is 10.2. The number of nitriles is 1. The van der Waals surface area contributed by atoms with E-state index in [1.165, 1.54) is 24.3 Å². The minimum atomic E-state index is -4.25. The van der Waals surface area contributed by atoms with E-state index in [0.717, 1.165) is 12.1 Å². The van der Waals surface area contributed by atoms with Crippen LogP contribution >= 0.6 is 0 Å². The highest BCUT2D eigenvalue weighted by atomic mass is 32.2. The topological polar surface area (TPSA) is 108 Å². The Morgan fingerprint density at radius 3 is 2.54 bits per heavy atom. The number of para-hydroxylation sites is 1. The Labute approximate surface area is 137 Å². The molecule has 0 aliphatic rings. The number of benzene rings is 2. The maximum absolute atomic E-state index is 13.5. The van der Waals surface area contributed by atoms with Crippen molar-refractivity contribution in [3.05, 3.63) is 59.9 Å². The number of hydrogen-bond donors (Lipinski definition) is 2. The second-order valence-electron chi connectivity index (χ2n) is 4.48. The van der Waals surface area contributed by atoms with Gasteiger partial charge in [-0.15, -0.1) is 4.83 Å². The van der Waals surface area contributed by atoms with Crippen LogP contribution in [0, 0.1) is 17.1 Å². The van der Waals surface area contributed by atoms with Crippen molar-refractivity contribution in [2.75, 3.05) is 6.61 Å². The minimum Gasteiger partial charge on any atom is -0.482 e.